The van der Waals surface area contributed by atoms with Gasteiger partial charge >= 0.3 is 5.97 Å². The minimum absolute atomic E-state index is 0.107. The first-order valence-electron chi connectivity index (χ1n) is 6.13. The third-order valence-corrected chi connectivity index (χ3v) is 2.60. The van der Waals surface area contributed by atoms with Crippen LogP contribution in [0.2, 0.25) is 5.02 Å². The molecule has 108 valence electrons. The van der Waals surface area contributed by atoms with Gasteiger partial charge in [0.1, 0.15) is 5.75 Å². The second-order valence-electron chi connectivity index (χ2n) is 4.00. The molecule has 20 heavy (non-hydrogen) atoms. The van der Waals surface area contributed by atoms with E-state index in [9.17, 15) is 9.59 Å². The summed E-state index contributed by atoms with van der Waals surface area (Å²) in [5.41, 5.74) is 0.639. The van der Waals surface area contributed by atoms with Crippen molar-refractivity contribution < 1.29 is 19.4 Å². The first kappa shape index (κ1) is 16.0. The van der Waals surface area contributed by atoms with E-state index < -0.39 is 5.97 Å². The molecule has 0 bridgehead atoms. The molecular weight excluding hydrogens is 282 g/mol. The number of aliphatic carboxylic acids is 1. The van der Waals surface area contributed by atoms with Crippen molar-refractivity contribution in [3.05, 3.63) is 34.9 Å². The number of rotatable bonds is 7. The van der Waals surface area contributed by atoms with Crippen LogP contribution in [-0.2, 0) is 9.59 Å². The van der Waals surface area contributed by atoms with Gasteiger partial charge in [-0.3, -0.25) is 4.79 Å². The Morgan fingerprint density at radius 3 is 2.80 bits per heavy atom. The Balaban J connectivity index is 2.60. The van der Waals surface area contributed by atoms with Crippen LogP contribution < -0.4 is 10.1 Å². The summed E-state index contributed by atoms with van der Waals surface area (Å²) in [7, 11) is 0. The van der Waals surface area contributed by atoms with Gasteiger partial charge in [0.2, 0.25) is 0 Å². The van der Waals surface area contributed by atoms with Crippen molar-refractivity contribution in [2.24, 2.45) is 0 Å². The molecule has 0 aliphatic rings. The van der Waals surface area contributed by atoms with E-state index in [1.165, 1.54) is 6.08 Å². The molecule has 0 radical (unpaired) electrons. The molecule has 1 aromatic rings. The normalized spacial score (nSPS) is 10.5. The number of hydrogen-bond acceptors (Lipinski definition) is 3. The third kappa shape index (κ3) is 5.75. The highest BCUT2D eigenvalue weighted by Crippen LogP contribution is 2.25. The van der Waals surface area contributed by atoms with Crippen LogP contribution in [0.15, 0.2) is 24.3 Å². The molecule has 0 aromatic heterocycles. The number of amides is 1. The van der Waals surface area contributed by atoms with E-state index in [0.717, 1.165) is 12.5 Å². The van der Waals surface area contributed by atoms with Crippen LogP contribution in [0.5, 0.6) is 5.75 Å². The Kier molecular flexibility index (Phi) is 6.59. The molecule has 0 saturated heterocycles. The van der Waals surface area contributed by atoms with Gasteiger partial charge in [-0.1, -0.05) is 24.6 Å². The first-order chi connectivity index (χ1) is 9.52. The summed E-state index contributed by atoms with van der Waals surface area (Å²) in [6, 6.07) is 4.82. The SMILES string of the molecule is CCCNC(=O)COc1ccc(C=CC(=O)O)cc1Cl. The van der Waals surface area contributed by atoms with Crippen LogP contribution in [0.25, 0.3) is 6.08 Å². The highest BCUT2D eigenvalue weighted by atomic mass is 35.5. The second-order valence-corrected chi connectivity index (χ2v) is 4.41. The molecule has 5 nitrogen and oxygen atoms in total. The van der Waals surface area contributed by atoms with Gasteiger partial charge in [0, 0.05) is 12.6 Å². The lowest BCUT2D eigenvalue weighted by atomic mass is 10.2. The van der Waals surface area contributed by atoms with Crippen molar-refractivity contribution in [3.63, 3.8) is 0 Å². The monoisotopic (exact) mass is 297 g/mol. The van der Waals surface area contributed by atoms with Gasteiger partial charge in [-0.05, 0) is 30.2 Å². The second kappa shape index (κ2) is 8.22. The predicted molar refractivity (Wildman–Crippen MR) is 76.9 cm³/mol. The summed E-state index contributed by atoms with van der Waals surface area (Å²) in [5.74, 6) is -0.863. The zero-order chi connectivity index (χ0) is 15.0. The lowest BCUT2D eigenvalue weighted by Gasteiger charge is -2.08. The molecule has 6 heteroatoms. The number of carboxylic acids is 1. The summed E-state index contributed by atoms with van der Waals surface area (Å²) in [6.45, 7) is 2.46. The van der Waals surface area contributed by atoms with Crippen LogP contribution in [0.3, 0.4) is 0 Å². The molecule has 0 atom stereocenters. The molecule has 0 aliphatic heterocycles. The summed E-state index contributed by atoms with van der Waals surface area (Å²) < 4.78 is 5.29. The van der Waals surface area contributed by atoms with E-state index >= 15 is 0 Å². The van der Waals surface area contributed by atoms with E-state index in [0.29, 0.717) is 22.9 Å². The maximum atomic E-state index is 11.4. The summed E-state index contributed by atoms with van der Waals surface area (Å²) in [5, 5.41) is 11.5. The maximum absolute atomic E-state index is 11.4. The van der Waals surface area contributed by atoms with E-state index in [4.69, 9.17) is 21.4 Å². The Morgan fingerprint density at radius 2 is 2.20 bits per heavy atom. The van der Waals surface area contributed by atoms with Crippen LogP contribution in [-0.4, -0.2) is 30.1 Å². The fourth-order valence-electron chi connectivity index (χ4n) is 1.36. The van der Waals surface area contributed by atoms with Crippen LogP contribution in [0.1, 0.15) is 18.9 Å². The number of halogens is 1. The molecule has 2 N–H and O–H groups in total. The number of hydrogen-bond donors (Lipinski definition) is 2. The van der Waals surface area contributed by atoms with Gasteiger partial charge in [-0.15, -0.1) is 0 Å². The summed E-state index contributed by atoms with van der Waals surface area (Å²) >= 11 is 5.99. The average Bonchev–Trinajstić information content (AvgIpc) is 2.41. The summed E-state index contributed by atoms with van der Waals surface area (Å²) in [6.07, 6.45) is 3.30. The zero-order valence-electron chi connectivity index (χ0n) is 11.1. The molecular formula is C14H16ClNO4. The molecule has 0 unspecified atom stereocenters. The molecule has 1 rings (SSSR count). The molecule has 1 amide bonds. The highest BCUT2D eigenvalue weighted by Gasteiger charge is 2.05. The number of carbonyl (C=O) groups excluding carboxylic acids is 1. The van der Waals surface area contributed by atoms with Crippen molar-refractivity contribution in [2.45, 2.75) is 13.3 Å². The van der Waals surface area contributed by atoms with Gasteiger partial charge in [0.25, 0.3) is 5.91 Å². The Labute approximate surface area is 122 Å². The molecule has 0 fully saturated rings. The topological polar surface area (TPSA) is 75.6 Å². The van der Waals surface area contributed by atoms with Gasteiger partial charge in [-0.25, -0.2) is 4.79 Å². The van der Waals surface area contributed by atoms with Crippen molar-refractivity contribution in [1.29, 1.82) is 0 Å². The van der Waals surface area contributed by atoms with Crippen molar-refractivity contribution >= 4 is 29.6 Å². The standard InChI is InChI=1S/C14H16ClNO4/c1-2-7-16-13(17)9-20-12-5-3-10(8-11(12)15)4-6-14(18)19/h3-6,8H,2,7,9H2,1H3,(H,16,17)(H,18,19). The Hall–Kier alpha value is -2.01. The Morgan fingerprint density at radius 1 is 1.45 bits per heavy atom. The first-order valence-corrected chi connectivity index (χ1v) is 6.50. The van der Waals surface area contributed by atoms with E-state index in [2.05, 4.69) is 5.32 Å². The number of ether oxygens (including phenoxy) is 1. The third-order valence-electron chi connectivity index (χ3n) is 2.31. The lowest BCUT2D eigenvalue weighted by Crippen LogP contribution is -2.29. The van der Waals surface area contributed by atoms with Gasteiger partial charge in [0.15, 0.2) is 6.61 Å². The smallest absolute Gasteiger partial charge is 0.328 e. The van der Waals surface area contributed by atoms with Gasteiger partial charge in [0.05, 0.1) is 5.02 Å². The minimum Gasteiger partial charge on any atom is -0.482 e. The maximum Gasteiger partial charge on any atom is 0.328 e. The number of carbonyl (C=O) groups is 2. The molecule has 1 aromatic carbocycles. The van der Waals surface area contributed by atoms with E-state index in [1.807, 2.05) is 6.92 Å². The number of benzene rings is 1. The molecule has 0 spiro atoms. The molecule has 0 saturated carbocycles. The van der Waals surface area contributed by atoms with E-state index in [1.54, 1.807) is 18.2 Å². The minimum atomic E-state index is -1.03. The van der Waals surface area contributed by atoms with E-state index in [-0.39, 0.29) is 12.5 Å². The highest BCUT2D eigenvalue weighted by molar-refractivity contribution is 6.32. The quantitative estimate of drug-likeness (QED) is 0.758. The van der Waals surface area contributed by atoms with Crippen LogP contribution >= 0.6 is 11.6 Å². The zero-order valence-corrected chi connectivity index (χ0v) is 11.8. The van der Waals surface area contributed by atoms with Crippen molar-refractivity contribution in [2.75, 3.05) is 13.2 Å². The van der Waals surface area contributed by atoms with Gasteiger partial charge < -0.3 is 15.2 Å². The van der Waals surface area contributed by atoms with Gasteiger partial charge in [-0.2, -0.15) is 0 Å². The summed E-state index contributed by atoms with van der Waals surface area (Å²) in [4.78, 5) is 21.8. The number of carboxylic acid groups (broad SMARTS) is 1. The fraction of sp³-hybridized carbons (Fsp3) is 0.286. The number of nitrogens with one attached hydrogen (secondary N) is 1. The average molecular weight is 298 g/mol. The fourth-order valence-corrected chi connectivity index (χ4v) is 1.61. The largest absolute Gasteiger partial charge is 0.482 e. The molecule has 0 heterocycles. The van der Waals surface area contributed by atoms with Crippen LogP contribution in [0.4, 0.5) is 0 Å². The van der Waals surface area contributed by atoms with Crippen molar-refractivity contribution in [1.82, 2.24) is 5.32 Å². The van der Waals surface area contributed by atoms with Crippen LogP contribution in [0, 0.1) is 0 Å². The Bertz CT molecular complexity index is 514. The lowest BCUT2D eigenvalue weighted by molar-refractivity contribution is -0.131. The predicted octanol–water partition coefficient (Wildman–Crippen LogP) is 2.34. The van der Waals surface area contributed by atoms with Crippen molar-refractivity contribution in [3.8, 4) is 5.75 Å². The molecule has 0 aliphatic carbocycles.